The highest BCUT2D eigenvalue weighted by Crippen LogP contribution is 2.25. The van der Waals surface area contributed by atoms with Gasteiger partial charge in [0.2, 0.25) is 0 Å². The summed E-state index contributed by atoms with van der Waals surface area (Å²) in [7, 11) is 0. The van der Waals surface area contributed by atoms with Gasteiger partial charge in [0.25, 0.3) is 0 Å². The van der Waals surface area contributed by atoms with E-state index in [-0.39, 0.29) is 5.78 Å². The Kier molecular flexibility index (Phi) is 3.05. The molecular weight excluding hydrogens is 210 g/mol. The van der Waals surface area contributed by atoms with Crippen LogP contribution in [0.25, 0.3) is 10.9 Å². The van der Waals surface area contributed by atoms with Crippen molar-refractivity contribution in [1.29, 1.82) is 0 Å². The molecule has 2 nitrogen and oxygen atoms in total. The molecule has 0 atom stereocenters. The number of rotatable bonds is 3. The number of aromatic nitrogens is 1. The van der Waals surface area contributed by atoms with Crippen molar-refractivity contribution in [3.8, 4) is 0 Å². The predicted molar refractivity (Wildman–Crippen MR) is 71.5 cm³/mol. The molecule has 2 rings (SSSR count). The highest BCUT2D eigenvalue weighted by atomic mass is 16.1. The normalized spacial score (nSPS) is 11.4. The second-order valence-corrected chi connectivity index (χ2v) is 5.12. The minimum absolute atomic E-state index is 0.142. The van der Waals surface area contributed by atoms with E-state index >= 15 is 0 Å². The van der Waals surface area contributed by atoms with E-state index in [9.17, 15) is 4.79 Å². The Morgan fingerprint density at radius 2 is 2.06 bits per heavy atom. The van der Waals surface area contributed by atoms with Crippen LogP contribution in [0.1, 0.15) is 36.7 Å². The maximum atomic E-state index is 11.7. The first-order valence-electron chi connectivity index (χ1n) is 6.10. The summed E-state index contributed by atoms with van der Waals surface area (Å²) in [4.78, 5) is 11.7. The number of nitrogens with zero attached hydrogens (tertiary/aromatic N) is 1. The molecule has 0 aliphatic rings. The lowest BCUT2D eigenvalue weighted by Gasteiger charge is -2.09. The fourth-order valence-corrected chi connectivity index (χ4v) is 2.37. The summed E-state index contributed by atoms with van der Waals surface area (Å²) in [5.74, 6) is 0.716. The molecule has 90 valence electrons. The summed E-state index contributed by atoms with van der Waals surface area (Å²) < 4.78 is 2.21. The summed E-state index contributed by atoms with van der Waals surface area (Å²) in [5, 5.41) is 1.08. The third kappa shape index (κ3) is 2.12. The van der Waals surface area contributed by atoms with Crippen molar-refractivity contribution in [2.75, 3.05) is 0 Å². The van der Waals surface area contributed by atoms with E-state index in [0.29, 0.717) is 5.92 Å². The number of hydrogen-bond donors (Lipinski definition) is 0. The molecule has 0 saturated carbocycles. The molecule has 1 heterocycles. The van der Waals surface area contributed by atoms with E-state index in [1.54, 1.807) is 6.92 Å². The number of Topliss-reactive ketones (excluding diaryl/α,β-unsaturated/α-hetero) is 1. The zero-order valence-electron chi connectivity index (χ0n) is 10.9. The number of carbonyl (C=O) groups excluding carboxylic acids is 1. The van der Waals surface area contributed by atoms with Crippen molar-refractivity contribution < 1.29 is 4.79 Å². The SMILES string of the molecule is CC(=O)c1cn(CC(C)C)c2c(C)cccc12. The lowest BCUT2D eigenvalue weighted by Crippen LogP contribution is -2.03. The molecule has 0 spiro atoms. The predicted octanol–water partition coefficient (Wildman–Crippen LogP) is 3.81. The van der Waals surface area contributed by atoms with Crippen molar-refractivity contribution in [3.63, 3.8) is 0 Å². The van der Waals surface area contributed by atoms with Gasteiger partial charge in [-0.1, -0.05) is 32.0 Å². The zero-order valence-corrected chi connectivity index (χ0v) is 10.9. The van der Waals surface area contributed by atoms with Crippen LogP contribution in [0.5, 0.6) is 0 Å². The van der Waals surface area contributed by atoms with Crippen molar-refractivity contribution in [1.82, 2.24) is 4.57 Å². The van der Waals surface area contributed by atoms with E-state index in [1.807, 2.05) is 18.3 Å². The first-order chi connectivity index (χ1) is 8.00. The van der Waals surface area contributed by atoms with Gasteiger partial charge in [0, 0.05) is 23.7 Å². The standard InChI is InChI=1S/C15H19NO/c1-10(2)8-16-9-14(12(4)17)13-7-5-6-11(3)15(13)16/h5-7,9-10H,8H2,1-4H3. The van der Waals surface area contributed by atoms with Crippen molar-refractivity contribution in [3.05, 3.63) is 35.5 Å². The van der Waals surface area contributed by atoms with Gasteiger partial charge in [0.15, 0.2) is 5.78 Å². The van der Waals surface area contributed by atoms with Crippen LogP contribution in [-0.2, 0) is 6.54 Å². The van der Waals surface area contributed by atoms with E-state index in [0.717, 1.165) is 17.5 Å². The Labute approximate surface area is 102 Å². The number of carbonyl (C=O) groups is 1. The first kappa shape index (κ1) is 11.9. The molecule has 0 aliphatic carbocycles. The van der Waals surface area contributed by atoms with E-state index in [2.05, 4.69) is 31.4 Å². The fourth-order valence-electron chi connectivity index (χ4n) is 2.37. The van der Waals surface area contributed by atoms with E-state index < -0.39 is 0 Å². The Balaban J connectivity index is 2.71. The molecule has 0 fully saturated rings. The third-order valence-corrected chi connectivity index (χ3v) is 3.04. The number of benzene rings is 1. The van der Waals surface area contributed by atoms with Crippen molar-refractivity contribution >= 4 is 16.7 Å². The Bertz CT molecular complexity index is 564. The second-order valence-electron chi connectivity index (χ2n) is 5.12. The van der Waals surface area contributed by atoms with Gasteiger partial charge in [-0.3, -0.25) is 4.79 Å². The molecule has 1 aromatic heterocycles. The molecular formula is C15H19NO. The van der Waals surface area contributed by atoms with Gasteiger partial charge in [0.1, 0.15) is 0 Å². The molecule has 0 aliphatic heterocycles. The lowest BCUT2D eigenvalue weighted by atomic mass is 10.1. The van der Waals surface area contributed by atoms with Gasteiger partial charge in [0.05, 0.1) is 5.52 Å². The van der Waals surface area contributed by atoms with Crippen LogP contribution in [-0.4, -0.2) is 10.4 Å². The number of fused-ring (bicyclic) bond motifs is 1. The summed E-state index contributed by atoms with van der Waals surface area (Å²) in [6.45, 7) is 9.07. The molecule has 0 amide bonds. The molecule has 1 aromatic carbocycles. The van der Waals surface area contributed by atoms with E-state index in [1.165, 1.54) is 11.1 Å². The summed E-state index contributed by atoms with van der Waals surface area (Å²) in [6.07, 6.45) is 2.00. The summed E-state index contributed by atoms with van der Waals surface area (Å²) in [5.41, 5.74) is 3.27. The topological polar surface area (TPSA) is 22.0 Å². The smallest absolute Gasteiger partial charge is 0.161 e. The molecule has 2 aromatic rings. The number of ketones is 1. The van der Waals surface area contributed by atoms with E-state index in [4.69, 9.17) is 0 Å². The van der Waals surface area contributed by atoms with Crippen molar-refractivity contribution in [2.24, 2.45) is 5.92 Å². The van der Waals surface area contributed by atoms with Crippen LogP contribution >= 0.6 is 0 Å². The average Bonchev–Trinajstić information content (AvgIpc) is 2.57. The zero-order chi connectivity index (χ0) is 12.6. The maximum Gasteiger partial charge on any atom is 0.161 e. The summed E-state index contributed by atoms with van der Waals surface area (Å²) in [6, 6.07) is 6.16. The average molecular weight is 229 g/mol. The minimum atomic E-state index is 0.142. The van der Waals surface area contributed by atoms with Crippen LogP contribution in [0.2, 0.25) is 0 Å². The van der Waals surface area contributed by atoms with Crippen LogP contribution in [0.15, 0.2) is 24.4 Å². The molecule has 17 heavy (non-hydrogen) atoms. The third-order valence-electron chi connectivity index (χ3n) is 3.04. The Morgan fingerprint density at radius 1 is 1.35 bits per heavy atom. The molecule has 0 radical (unpaired) electrons. The molecule has 0 unspecified atom stereocenters. The quantitative estimate of drug-likeness (QED) is 0.733. The Hall–Kier alpha value is -1.57. The highest BCUT2D eigenvalue weighted by molar-refractivity contribution is 6.07. The van der Waals surface area contributed by atoms with Crippen LogP contribution < -0.4 is 0 Å². The molecule has 2 heteroatoms. The van der Waals surface area contributed by atoms with Crippen molar-refractivity contribution in [2.45, 2.75) is 34.2 Å². The number of aryl methyl sites for hydroxylation is 1. The van der Waals surface area contributed by atoms with Gasteiger partial charge >= 0.3 is 0 Å². The minimum Gasteiger partial charge on any atom is -0.346 e. The summed E-state index contributed by atoms with van der Waals surface area (Å²) >= 11 is 0. The second kappa shape index (κ2) is 4.36. The van der Waals surface area contributed by atoms with Gasteiger partial charge in [-0.2, -0.15) is 0 Å². The van der Waals surface area contributed by atoms with Crippen LogP contribution in [0.3, 0.4) is 0 Å². The van der Waals surface area contributed by atoms with Gasteiger partial charge in [-0.15, -0.1) is 0 Å². The fraction of sp³-hybridized carbons (Fsp3) is 0.400. The van der Waals surface area contributed by atoms with Crippen LogP contribution in [0, 0.1) is 12.8 Å². The highest BCUT2D eigenvalue weighted by Gasteiger charge is 2.13. The molecule has 0 saturated heterocycles. The van der Waals surface area contributed by atoms with Crippen LogP contribution in [0.4, 0.5) is 0 Å². The number of hydrogen-bond acceptors (Lipinski definition) is 1. The number of para-hydroxylation sites is 1. The van der Waals surface area contributed by atoms with Gasteiger partial charge in [-0.25, -0.2) is 0 Å². The maximum absolute atomic E-state index is 11.7. The molecule has 0 bridgehead atoms. The van der Waals surface area contributed by atoms with Gasteiger partial charge in [-0.05, 0) is 25.3 Å². The lowest BCUT2D eigenvalue weighted by molar-refractivity contribution is 0.101. The molecule has 0 N–H and O–H groups in total. The first-order valence-corrected chi connectivity index (χ1v) is 6.10. The Morgan fingerprint density at radius 3 is 2.65 bits per heavy atom. The largest absolute Gasteiger partial charge is 0.346 e. The monoisotopic (exact) mass is 229 g/mol. The van der Waals surface area contributed by atoms with Gasteiger partial charge < -0.3 is 4.57 Å².